The molecule has 5 heteroatoms. The van der Waals surface area contributed by atoms with Gasteiger partial charge in [0.1, 0.15) is 11.2 Å². The molecule has 11 rings (SSSR count). The Morgan fingerprint density at radius 1 is 0.429 bits per heavy atom. The summed E-state index contributed by atoms with van der Waals surface area (Å²) in [7, 11) is 0. The fourth-order valence-electron chi connectivity index (χ4n) is 8.31. The van der Waals surface area contributed by atoms with Gasteiger partial charge >= 0.3 is 0 Å². The van der Waals surface area contributed by atoms with Gasteiger partial charge in [-0.2, -0.15) is 0 Å². The number of hydrogen-bond acceptors (Lipinski definition) is 4. The van der Waals surface area contributed by atoms with Crippen LogP contribution in [0.25, 0.3) is 95.5 Å². The predicted octanol–water partition coefficient (Wildman–Crippen LogP) is 12.9. The van der Waals surface area contributed by atoms with Crippen LogP contribution in [0.3, 0.4) is 0 Å². The van der Waals surface area contributed by atoms with Gasteiger partial charge in [-0.15, -0.1) is 0 Å². The molecular formula is C51H34N4O. The topological polar surface area (TPSA) is 56.7 Å². The van der Waals surface area contributed by atoms with Crippen molar-refractivity contribution in [3.8, 4) is 51.0 Å². The Labute approximate surface area is 323 Å². The van der Waals surface area contributed by atoms with E-state index in [0.717, 1.165) is 51.5 Å². The lowest BCUT2D eigenvalue weighted by molar-refractivity contribution is 0.669. The Kier molecular flexibility index (Phi) is 7.56. The third kappa shape index (κ3) is 5.44. The van der Waals surface area contributed by atoms with Crippen molar-refractivity contribution in [1.82, 2.24) is 19.5 Å². The van der Waals surface area contributed by atoms with E-state index in [2.05, 4.69) is 114 Å². The van der Waals surface area contributed by atoms with Gasteiger partial charge in [-0.05, 0) is 78.1 Å². The number of allylic oxidation sites excluding steroid dienone is 1. The lowest BCUT2D eigenvalue weighted by Gasteiger charge is -2.18. The summed E-state index contributed by atoms with van der Waals surface area (Å²) < 4.78 is 9.03. The Morgan fingerprint density at radius 2 is 1.04 bits per heavy atom. The number of rotatable bonds is 6. The first-order chi connectivity index (χ1) is 27.7. The van der Waals surface area contributed by atoms with Gasteiger partial charge in [0.05, 0.1) is 5.52 Å². The molecule has 0 N–H and O–H groups in total. The quantitative estimate of drug-likeness (QED) is 0.172. The van der Waals surface area contributed by atoms with E-state index in [9.17, 15) is 0 Å². The number of para-hydroxylation sites is 2. The van der Waals surface area contributed by atoms with Crippen LogP contribution in [0.1, 0.15) is 23.2 Å². The summed E-state index contributed by atoms with van der Waals surface area (Å²) in [5.41, 5.74) is 14.5. The minimum absolute atomic E-state index is 0.624. The molecule has 1 aliphatic rings. The SMILES string of the molecule is C1=C(c2ccc3c(c2)oc2ccc(-c4nc(-c5ccccc5)nc(-c5ccccc5)n4)cc23)CCc2c1c1cccc(-c3ccccc3)c1n2-c1ccccc1. The molecular weight excluding hydrogens is 685 g/mol. The summed E-state index contributed by atoms with van der Waals surface area (Å²) in [6, 6.07) is 61.3. The Morgan fingerprint density at radius 3 is 1.71 bits per heavy atom. The van der Waals surface area contributed by atoms with Gasteiger partial charge in [0.15, 0.2) is 17.5 Å². The number of aromatic nitrogens is 4. The second kappa shape index (κ2) is 13.2. The van der Waals surface area contributed by atoms with Crippen molar-refractivity contribution in [2.24, 2.45) is 0 Å². The summed E-state index contributed by atoms with van der Waals surface area (Å²) in [5.74, 6) is 1.91. The van der Waals surface area contributed by atoms with Crippen LogP contribution in [-0.2, 0) is 6.42 Å². The van der Waals surface area contributed by atoms with E-state index in [1.165, 1.54) is 50.1 Å². The zero-order valence-corrected chi connectivity index (χ0v) is 30.4. The minimum Gasteiger partial charge on any atom is -0.456 e. The Bertz CT molecular complexity index is 3050. The molecule has 5 nitrogen and oxygen atoms in total. The minimum atomic E-state index is 0.624. The molecule has 10 aromatic rings. The van der Waals surface area contributed by atoms with Crippen LogP contribution in [0, 0.1) is 0 Å². The Balaban J connectivity index is 1.01. The Hall–Kier alpha value is -7.37. The van der Waals surface area contributed by atoms with Crippen LogP contribution in [0.2, 0.25) is 0 Å². The van der Waals surface area contributed by atoms with Gasteiger partial charge in [0.2, 0.25) is 0 Å². The van der Waals surface area contributed by atoms with Gasteiger partial charge < -0.3 is 8.98 Å². The maximum Gasteiger partial charge on any atom is 0.164 e. The first-order valence-corrected chi connectivity index (χ1v) is 19.1. The third-order valence-electron chi connectivity index (χ3n) is 11.0. The van der Waals surface area contributed by atoms with Crippen LogP contribution in [-0.4, -0.2) is 19.5 Å². The first-order valence-electron chi connectivity index (χ1n) is 19.1. The lowest BCUT2D eigenvalue weighted by Crippen LogP contribution is -2.05. The molecule has 1 aliphatic carbocycles. The molecule has 264 valence electrons. The molecule has 0 radical (unpaired) electrons. The van der Waals surface area contributed by atoms with Crippen molar-refractivity contribution in [3.63, 3.8) is 0 Å². The van der Waals surface area contributed by atoms with E-state index in [0.29, 0.717) is 17.5 Å². The summed E-state index contributed by atoms with van der Waals surface area (Å²) in [6.45, 7) is 0. The van der Waals surface area contributed by atoms with Crippen LogP contribution in [0.5, 0.6) is 0 Å². The van der Waals surface area contributed by atoms with Crippen molar-refractivity contribution in [3.05, 3.63) is 193 Å². The van der Waals surface area contributed by atoms with Gasteiger partial charge in [0.25, 0.3) is 0 Å². The molecule has 7 aromatic carbocycles. The second-order valence-corrected chi connectivity index (χ2v) is 14.3. The zero-order valence-electron chi connectivity index (χ0n) is 30.4. The number of hydrogen-bond donors (Lipinski definition) is 0. The number of benzene rings is 7. The van der Waals surface area contributed by atoms with Crippen molar-refractivity contribution in [2.45, 2.75) is 12.8 Å². The standard InChI is InChI=1S/C51H34N4O/c1-5-14-33(15-6-1)40-22-13-23-42-43-30-36(25-28-45(43)55(48(40)42)39-20-11-4-12-21-39)37-24-27-41-44-31-38(26-29-46(44)56-47(41)32-37)51-53-49(34-16-7-2-8-17-34)52-50(54-51)35-18-9-3-10-19-35/h1-24,26-27,29-32H,25,28H2. The molecule has 0 amide bonds. The molecule has 56 heavy (non-hydrogen) atoms. The second-order valence-electron chi connectivity index (χ2n) is 14.3. The average molecular weight is 719 g/mol. The average Bonchev–Trinajstić information content (AvgIpc) is 3.82. The smallest absolute Gasteiger partial charge is 0.164 e. The van der Waals surface area contributed by atoms with Gasteiger partial charge in [0, 0.05) is 55.4 Å². The number of nitrogens with zero attached hydrogens (tertiary/aromatic N) is 4. The predicted molar refractivity (Wildman–Crippen MR) is 228 cm³/mol. The van der Waals surface area contributed by atoms with E-state index in [1.54, 1.807) is 0 Å². The largest absolute Gasteiger partial charge is 0.456 e. The molecule has 0 bridgehead atoms. The molecule has 3 aromatic heterocycles. The molecule has 0 spiro atoms. The van der Waals surface area contributed by atoms with Crippen molar-refractivity contribution in [1.29, 1.82) is 0 Å². The van der Waals surface area contributed by atoms with Crippen LogP contribution in [0.4, 0.5) is 0 Å². The summed E-state index contributed by atoms with van der Waals surface area (Å²) >= 11 is 0. The molecule has 0 saturated carbocycles. The molecule has 0 saturated heterocycles. The van der Waals surface area contributed by atoms with Crippen molar-refractivity contribution >= 4 is 44.5 Å². The molecule has 0 aliphatic heterocycles. The highest BCUT2D eigenvalue weighted by molar-refractivity contribution is 6.08. The highest BCUT2D eigenvalue weighted by Crippen LogP contribution is 2.43. The number of furan rings is 1. The van der Waals surface area contributed by atoms with Gasteiger partial charge in [-0.1, -0.05) is 133 Å². The van der Waals surface area contributed by atoms with Crippen LogP contribution < -0.4 is 0 Å². The summed E-state index contributed by atoms with van der Waals surface area (Å²) in [5, 5.41) is 3.37. The summed E-state index contributed by atoms with van der Waals surface area (Å²) in [6.07, 6.45) is 4.27. The van der Waals surface area contributed by atoms with Crippen LogP contribution in [0.15, 0.2) is 180 Å². The van der Waals surface area contributed by atoms with Gasteiger partial charge in [-0.25, -0.2) is 15.0 Å². The summed E-state index contributed by atoms with van der Waals surface area (Å²) in [4.78, 5) is 14.8. The maximum atomic E-state index is 6.54. The molecule has 0 unspecified atom stereocenters. The van der Waals surface area contributed by atoms with Crippen molar-refractivity contribution in [2.75, 3.05) is 0 Å². The van der Waals surface area contributed by atoms with E-state index < -0.39 is 0 Å². The fraction of sp³-hybridized carbons (Fsp3) is 0.0392. The van der Waals surface area contributed by atoms with Gasteiger partial charge in [-0.3, -0.25) is 0 Å². The highest BCUT2D eigenvalue weighted by Gasteiger charge is 2.24. The lowest BCUT2D eigenvalue weighted by atomic mass is 9.90. The monoisotopic (exact) mass is 718 g/mol. The molecule has 3 heterocycles. The van der Waals surface area contributed by atoms with E-state index >= 15 is 0 Å². The first kappa shape index (κ1) is 32.1. The molecule has 0 atom stereocenters. The third-order valence-corrected chi connectivity index (χ3v) is 11.0. The van der Waals surface area contributed by atoms with E-state index in [4.69, 9.17) is 19.4 Å². The van der Waals surface area contributed by atoms with Crippen molar-refractivity contribution < 1.29 is 4.42 Å². The maximum absolute atomic E-state index is 6.54. The van der Waals surface area contributed by atoms with E-state index in [-0.39, 0.29) is 0 Å². The van der Waals surface area contributed by atoms with E-state index in [1.807, 2.05) is 72.8 Å². The molecule has 0 fully saturated rings. The van der Waals surface area contributed by atoms with Crippen LogP contribution >= 0.6 is 0 Å². The zero-order chi connectivity index (χ0) is 37.0. The fourth-order valence-corrected chi connectivity index (χ4v) is 8.31. The highest BCUT2D eigenvalue weighted by atomic mass is 16.3. The normalized spacial score (nSPS) is 12.6. The number of fused-ring (bicyclic) bond motifs is 6.